The van der Waals surface area contributed by atoms with E-state index in [1.165, 1.54) is 12.1 Å². The van der Waals surface area contributed by atoms with E-state index >= 15 is 0 Å². The Morgan fingerprint density at radius 2 is 2.26 bits per heavy atom. The predicted octanol–water partition coefficient (Wildman–Crippen LogP) is 3.17. The molecular formula is C16H22FNO. The summed E-state index contributed by atoms with van der Waals surface area (Å²) in [4.78, 5) is 12.6. The van der Waals surface area contributed by atoms with Gasteiger partial charge in [-0.25, -0.2) is 4.39 Å². The van der Waals surface area contributed by atoms with E-state index in [1.54, 1.807) is 6.07 Å². The molecule has 1 heterocycles. The van der Waals surface area contributed by atoms with Gasteiger partial charge >= 0.3 is 0 Å². The number of Topliss-reactive ketones (excluding diaryl/α,β-unsaturated/α-hetero) is 1. The zero-order valence-electron chi connectivity index (χ0n) is 11.8. The van der Waals surface area contributed by atoms with Gasteiger partial charge in [-0.15, -0.1) is 0 Å². The highest BCUT2D eigenvalue weighted by atomic mass is 19.1. The Labute approximate surface area is 114 Å². The summed E-state index contributed by atoms with van der Waals surface area (Å²) in [7, 11) is 0. The number of carbonyl (C=O) groups excluding carboxylic acids is 1. The van der Waals surface area contributed by atoms with Gasteiger partial charge in [0.15, 0.2) is 5.78 Å². The molecule has 0 saturated carbocycles. The van der Waals surface area contributed by atoms with E-state index in [9.17, 15) is 9.18 Å². The molecule has 1 aromatic carbocycles. The maximum atomic E-state index is 13.3. The Balaban J connectivity index is 2.17. The topological polar surface area (TPSA) is 29.1 Å². The minimum atomic E-state index is -0.368. The fourth-order valence-electron chi connectivity index (χ4n) is 3.00. The van der Waals surface area contributed by atoms with Crippen molar-refractivity contribution in [3.05, 3.63) is 35.1 Å². The molecule has 1 aliphatic heterocycles. The minimum absolute atomic E-state index is 0.209. The zero-order valence-corrected chi connectivity index (χ0v) is 11.8. The summed E-state index contributed by atoms with van der Waals surface area (Å²) in [6.07, 6.45) is 4.15. The van der Waals surface area contributed by atoms with Crippen molar-refractivity contribution in [1.29, 1.82) is 0 Å². The molecule has 1 atom stereocenters. The van der Waals surface area contributed by atoms with Crippen LogP contribution in [0, 0.1) is 12.7 Å². The van der Waals surface area contributed by atoms with E-state index in [1.807, 2.05) is 6.92 Å². The Morgan fingerprint density at radius 1 is 1.47 bits per heavy atom. The molecular weight excluding hydrogens is 241 g/mol. The molecule has 0 spiro atoms. The molecule has 2 nitrogen and oxygen atoms in total. The molecule has 104 valence electrons. The van der Waals surface area contributed by atoms with Crippen molar-refractivity contribution in [2.75, 3.05) is 6.54 Å². The van der Waals surface area contributed by atoms with Crippen molar-refractivity contribution < 1.29 is 9.18 Å². The summed E-state index contributed by atoms with van der Waals surface area (Å²) < 4.78 is 13.3. The molecule has 1 N–H and O–H groups in total. The van der Waals surface area contributed by atoms with Crippen LogP contribution in [0.25, 0.3) is 0 Å². The van der Waals surface area contributed by atoms with Crippen molar-refractivity contribution in [3.63, 3.8) is 0 Å². The van der Waals surface area contributed by atoms with Gasteiger partial charge in [0.1, 0.15) is 5.82 Å². The highest BCUT2D eigenvalue weighted by Gasteiger charge is 2.39. The summed E-state index contributed by atoms with van der Waals surface area (Å²) in [6.45, 7) is 4.94. The van der Waals surface area contributed by atoms with Crippen LogP contribution in [-0.4, -0.2) is 17.9 Å². The molecule has 0 radical (unpaired) electrons. The van der Waals surface area contributed by atoms with Gasteiger partial charge in [-0.05, 0) is 56.0 Å². The van der Waals surface area contributed by atoms with Gasteiger partial charge in [-0.2, -0.15) is 0 Å². The first kappa shape index (κ1) is 14.2. The number of carbonyl (C=O) groups is 1. The summed E-state index contributed by atoms with van der Waals surface area (Å²) >= 11 is 0. The molecule has 0 aromatic heterocycles. The van der Waals surface area contributed by atoms with Crippen LogP contribution >= 0.6 is 0 Å². The second kappa shape index (κ2) is 5.83. The number of hydrogen-bond acceptors (Lipinski definition) is 2. The predicted molar refractivity (Wildman–Crippen MR) is 74.7 cm³/mol. The first-order valence-electron chi connectivity index (χ1n) is 7.11. The zero-order chi connectivity index (χ0) is 13.9. The summed E-state index contributed by atoms with van der Waals surface area (Å²) in [5, 5.41) is 3.38. The van der Waals surface area contributed by atoms with E-state index in [4.69, 9.17) is 0 Å². The van der Waals surface area contributed by atoms with Gasteiger partial charge in [-0.1, -0.05) is 19.4 Å². The van der Waals surface area contributed by atoms with Crippen molar-refractivity contribution in [1.82, 2.24) is 5.32 Å². The summed E-state index contributed by atoms with van der Waals surface area (Å²) in [5.41, 5.74) is 1.43. The fraction of sp³-hybridized carbons (Fsp3) is 0.562. The highest BCUT2D eigenvalue weighted by Crippen LogP contribution is 2.27. The number of nitrogens with one attached hydrogen (secondary N) is 1. The quantitative estimate of drug-likeness (QED) is 0.884. The van der Waals surface area contributed by atoms with Crippen LogP contribution in [0.5, 0.6) is 0 Å². The van der Waals surface area contributed by atoms with Crippen LogP contribution in [0.4, 0.5) is 4.39 Å². The number of aryl methyl sites for hydroxylation is 1. The van der Waals surface area contributed by atoms with Crippen molar-refractivity contribution in [3.8, 4) is 0 Å². The van der Waals surface area contributed by atoms with Crippen LogP contribution in [0.2, 0.25) is 0 Å². The van der Waals surface area contributed by atoms with Gasteiger partial charge in [0.2, 0.25) is 0 Å². The number of ketones is 1. The van der Waals surface area contributed by atoms with Crippen LogP contribution in [0.15, 0.2) is 18.2 Å². The molecule has 1 aromatic rings. The van der Waals surface area contributed by atoms with Gasteiger partial charge < -0.3 is 5.32 Å². The fourth-order valence-corrected chi connectivity index (χ4v) is 3.00. The molecule has 3 heteroatoms. The third-order valence-corrected chi connectivity index (χ3v) is 4.12. The number of hydrogen-bond donors (Lipinski definition) is 1. The standard InChI is InChI=1S/C16H22FNO/c1-3-7-16(8-4-9-18-16)15(19)11-13-10-14(17)6-5-12(13)2/h5-6,10,18H,3-4,7-9,11H2,1-2H3. The third-order valence-electron chi connectivity index (χ3n) is 4.12. The van der Waals surface area contributed by atoms with Gasteiger partial charge in [-0.3, -0.25) is 4.79 Å². The average Bonchev–Trinajstić information content (AvgIpc) is 2.84. The van der Waals surface area contributed by atoms with Crippen molar-refractivity contribution in [2.45, 2.75) is 51.5 Å². The normalized spacial score (nSPS) is 22.7. The van der Waals surface area contributed by atoms with Gasteiger partial charge in [0.25, 0.3) is 0 Å². The van der Waals surface area contributed by atoms with Gasteiger partial charge in [0.05, 0.1) is 5.54 Å². The summed E-state index contributed by atoms with van der Waals surface area (Å²) in [6, 6.07) is 4.67. The largest absolute Gasteiger partial charge is 0.305 e. The lowest BCUT2D eigenvalue weighted by atomic mass is 9.84. The van der Waals surface area contributed by atoms with E-state index < -0.39 is 0 Å². The first-order valence-corrected chi connectivity index (χ1v) is 7.11. The van der Waals surface area contributed by atoms with E-state index in [0.29, 0.717) is 6.42 Å². The van der Waals surface area contributed by atoms with Crippen molar-refractivity contribution >= 4 is 5.78 Å². The first-order chi connectivity index (χ1) is 9.07. The lowest BCUT2D eigenvalue weighted by molar-refractivity contribution is -0.124. The van der Waals surface area contributed by atoms with E-state index in [2.05, 4.69) is 12.2 Å². The monoisotopic (exact) mass is 263 g/mol. The van der Waals surface area contributed by atoms with Gasteiger partial charge in [0, 0.05) is 6.42 Å². The Bertz CT molecular complexity index is 464. The van der Waals surface area contributed by atoms with Crippen LogP contribution in [0.3, 0.4) is 0 Å². The molecule has 0 amide bonds. The lowest BCUT2D eigenvalue weighted by Gasteiger charge is -2.28. The molecule has 1 saturated heterocycles. The maximum Gasteiger partial charge on any atom is 0.157 e. The Kier molecular flexibility index (Phi) is 4.35. The number of rotatable bonds is 5. The molecule has 1 unspecified atom stereocenters. The van der Waals surface area contributed by atoms with E-state index in [-0.39, 0.29) is 17.1 Å². The van der Waals surface area contributed by atoms with E-state index in [0.717, 1.165) is 43.4 Å². The second-order valence-corrected chi connectivity index (χ2v) is 5.53. The second-order valence-electron chi connectivity index (χ2n) is 5.53. The molecule has 1 fully saturated rings. The molecule has 0 aliphatic carbocycles. The Hall–Kier alpha value is -1.22. The smallest absolute Gasteiger partial charge is 0.157 e. The molecule has 1 aliphatic rings. The minimum Gasteiger partial charge on any atom is -0.305 e. The SMILES string of the molecule is CCCC1(C(=O)Cc2cc(F)ccc2C)CCCN1. The molecule has 0 bridgehead atoms. The van der Waals surface area contributed by atoms with Crippen LogP contribution in [0.1, 0.15) is 43.7 Å². The van der Waals surface area contributed by atoms with Crippen LogP contribution < -0.4 is 5.32 Å². The van der Waals surface area contributed by atoms with Crippen molar-refractivity contribution in [2.24, 2.45) is 0 Å². The highest BCUT2D eigenvalue weighted by molar-refractivity contribution is 5.90. The third kappa shape index (κ3) is 3.03. The maximum absolute atomic E-state index is 13.3. The molecule has 19 heavy (non-hydrogen) atoms. The number of benzene rings is 1. The average molecular weight is 263 g/mol. The number of halogens is 1. The Morgan fingerprint density at radius 3 is 2.89 bits per heavy atom. The summed E-state index contributed by atoms with van der Waals surface area (Å²) in [5.74, 6) is -0.0575. The van der Waals surface area contributed by atoms with Crippen LogP contribution in [-0.2, 0) is 11.2 Å². The lowest BCUT2D eigenvalue weighted by Crippen LogP contribution is -2.48. The molecule has 2 rings (SSSR count).